The summed E-state index contributed by atoms with van der Waals surface area (Å²) in [6.07, 6.45) is 8.44. The fraction of sp³-hybridized carbons (Fsp3) is 0.857. The zero-order valence-corrected chi connectivity index (χ0v) is 12.2. The third-order valence-electron chi connectivity index (χ3n) is 4.59. The summed E-state index contributed by atoms with van der Waals surface area (Å²) < 4.78 is 0. The number of piperazine rings is 1. The molecule has 0 aromatic rings. The highest BCUT2D eigenvalue weighted by Crippen LogP contribution is 2.29. The lowest BCUT2D eigenvalue weighted by Gasteiger charge is -2.40. The molecule has 0 N–H and O–H groups in total. The second-order valence-corrected chi connectivity index (χ2v) is 6.84. The van der Waals surface area contributed by atoms with E-state index in [2.05, 4.69) is 0 Å². The van der Waals surface area contributed by atoms with E-state index in [1.165, 1.54) is 32.1 Å². The van der Waals surface area contributed by atoms with Crippen LogP contribution >= 0.6 is 11.8 Å². The van der Waals surface area contributed by atoms with Gasteiger partial charge in [-0.2, -0.15) is 0 Å². The van der Waals surface area contributed by atoms with Crippen molar-refractivity contribution in [1.29, 1.82) is 0 Å². The standard InChI is InChI=1S/C14H22N2O2S/c17-13-8-15(11-6-4-2-1-3-5-7-11)14(18)12-9-19-10-16(12)13/h11-12H,1-10H2/t12-/m0/s1. The van der Waals surface area contributed by atoms with Gasteiger partial charge in [0.1, 0.15) is 12.6 Å². The molecule has 2 amide bonds. The van der Waals surface area contributed by atoms with Crippen molar-refractivity contribution in [3.63, 3.8) is 0 Å². The smallest absolute Gasteiger partial charge is 0.246 e. The molecule has 4 nitrogen and oxygen atoms in total. The molecule has 3 aliphatic rings. The highest BCUT2D eigenvalue weighted by molar-refractivity contribution is 7.99. The molecule has 1 saturated carbocycles. The molecule has 0 aromatic carbocycles. The Hall–Kier alpha value is -0.710. The molecule has 0 spiro atoms. The largest absolute Gasteiger partial charge is 0.329 e. The molecule has 0 unspecified atom stereocenters. The van der Waals surface area contributed by atoms with Crippen molar-refractivity contribution in [3.05, 3.63) is 0 Å². The summed E-state index contributed by atoms with van der Waals surface area (Å²) in [6, 6.07) is 0.140. The summed E-state index contributed by atoms with van der Waals surface area (Å²) in [6.45, 7) is 0.320. The Bertz CT molecular complexity index is 366. The predicted octanol–water partition coefficient (Wildman–Crippen LogP) is 1.84. The van der Waals surface area contributed by atoms with E-state index < -0.39 is 0 Å². The van der Waals surface area contributed by atoms with Crippen LogP contribution in [0.25, 0.3) is 0 Å². The Kier molecular flexibility index (Phi) is 4.01. The number of carbonyl (C=O) groups is 2. The van der Waals surface area contributed by atoms with Crippen LogP contribution in [0.1, 0.15) is 44.9 Å². The van der Waals surface area contributed by atoms with E-state index in [0.717, 1.165) is 18.6 Å². The summed E-state index contributed by atoms with van der Waals surface area (Å²) in [5, 5.41) is 0. The van der Waals surface area contributed by atoms with Crippen LogP contribution in [0.3, 0.4) is 0 Å². The van der Waals surface area contributed by atoms with Gasteiger partial charge in [-0.1, -0.05) is 32.1 Å². The minimum Gasteiger partial charge on any atom is -0.329 e. The Morgan fingerprint density at radius 3 is 2.37 bits per heavy atom. The van der Waals surface area contributed by atoms with Crippen molar-refractivity contribution in [1.82, 2.24) is 9.80 Å². The first kappa shape index (κ1) is 13.3. The molecule has 0 radical (unpaired) electrons. The van der Waals surface area contributed by atoms with Gasteiger partial charge in [0.25, 0.3) is 0 Å². The Balaban J connectivity index is 1.72. The van der Waals surface area contributed by atoms with E-state index in [1.807, 2.05) is 4.90 Å². The number of hydrogen-bond acceptors (Lipinski definition) is 3. The van der Waals surface area contributed by atoms with Crippen LogP contribution in [-0.4, -0.2) is 51.9 Å². The molecule has 106 valence electrons. The maximum absolute atomic E-state index is 12.6. The van der Waals surface area contributed by atoms with Gasteiger partial charge in [0.05, 0.1) is 5.88 Å². The van der Waals surface area contributed by atoms with Gasteiger partial charge >= 0.3 is 0 Å². The molecule has 1 atom stereocenters. The fourth-order valence-corrected chi connectivity index (χ4v) is 4.63. The third kappa shape index (κ3) is 2.62. The number of carbonyl (C=O) groups excluding carboxylic acids is 2. The summed E-state index contributed by atoms with van der Waals surface area (Å²) >= 11 is 1.70. The van der Waals surface area contributed by atoms with Crippen LogP contribution in [0.4, 0.5) is 0 Å². The van der Waals surface area contributed by atoms with Gasteiger partial charge in [-0.25, -0.2) is 0 Å². The van der Waals surface area contributed by atoms with Crippen molar-refractivity contribution < 1.29 is 9.59 Å². The second kappa shape index (κ2) is 5.73. The fourth-order valence-electron chi connectivity index (χ4n) is 3.45. The van der Waals surface area contributed by atoms with Crippen molar-refractivity contribution in [2.24, 2.45) is 0 Å². The van der Waals surface area contributed by atoms with Gasteiger partial charge in [-0.15, -0.1) is 11.8 Å². The van der Waals surface area contributed by atoms with Crippen molar-refractivity contribution in [2.75, 3.05) is 18.2 Å². The zero-order chi connectivity index (χ0) is 13.2. The SMILES string of the molecule is O=C1[C@@H]2CSCN2C(=O)CN1C1CCCCCCC1. The number of thioether (sulfide) groups is 1. The highest BCUT2D eigenvalue weighted by atomic mass is 32.2. The number of nitrogens with zero attached hydrogens (tertiary/aromatic N) is 2. The van der Waals surface area contributed by atoms with E-state index in [-0.39, 0.29) is 17.9 Å². The lowest BCUT2D eigenvalue weighted by molar-refractivity contribution is -0.155. The quantitative estimate of drug-likeness (QED) is 0.737. The number of fused-ring (bicyclic) bond motifs is 1. The molecule has 1 aliphatic carbocycles. The minimum atomic E-state index is -0.170. The molecule has 19 heavy (non-hydrogen) atoms. The van der Waals surface area contributed by atoms with E-state index in [4.69, 9.17) is 0 Å². The summed E-state index contributed by atoms with van der Waals surface area (Å²) in [4.78, 5) is 28.4. The molecule has 5 heteroatoms. The zero-order valence-electron chi connectivity index (χ0n) is 11.3. The predicted molar refractivity (Wildman–Crippen MR) is 75.8 cm³/mol. The average molecular weight is 282 g/mol. The van der Waals surface area contributed by atoms with E-state index in [1.54, 1.807) is 16.7 Å². The molecular weight excluding hydrogens is 260 g/mol. The maximum Gasteiger partial charge on any atom is 0.246 e. The minimum absolute atomic E-state index is 0.150. The van der Waals surface area contributed by atoms with Crippen LogP contribution in [0.5, 0.6) is 0 Å². The van der Waals surface area contributed by atoms with E-state index >= 15 is 0 Å². The van der Waals surface area contributed by atoms with Crippen LogP contribution in [0.2, 0.25) is 0 Å². The first-order valence-corrected chi connectivity index (χ1v) is 8.60. The van der Waals surface area contributed by atoms with E-state index in [9.17, 15) is 9.59 Å². The van der Waals surface area contributed by atoms with Gasteiger partial charge in [-0.05, 0) is 12.8 Å². The lowest BCUT2D eigenvalue weighted by atomic mass is 9.94. The summed E-state index contributed by atoms with van der Waals surface area (Å²) in [5.74, 6) is 1.84. The molecule has 2 aliphatic heterocycles. The number of amides is 2. The maximum atomic E-state index is 12.6. The van der Waals surface area contributed by atoms with Crippen LogP contribution < -0.4 is 0 Å². The van der Waals surface area contributed by atoms with Crippen molar-refractivity contribution in [2.45, 2.75) is 57.0 Å². The van der Waals surface area contributed by atoms with Gasteiger partial charge in [-0.3, -0.25) is 9.59 Å². The van der Waals surface area contributed by atoms with Crippen molar-refractivity contribution in [3.8, 4) is 0 Å². The first-order chi connectivity index (χ1) is 9.27. The normalized spacial score (nSPS) is 30.2. The Morgan fingerprint density at radius 1 is 0.947 bits per heavy atom. The molecule has 3 fully saturated rings. The van der Waals surface area contributed by atoms with E-state index in [0.29, 0.717) is 18.5 Å². The summed E-state index contributed by atoms with van der Waals surface area (Å²) in [5.41, 5.74) is 0. The summed E-state index contributed by atoms with van der Waals surface area (Å²) in [7, 11) is 0. The Labute approximate surface area is 118 Å². The molecule has 0 aromatic heterocycles. The lowest BCUT2D eigenvalue weighted by Crippen LogP contribution is -2.60. The monoisotopic (exact) mass is 282 g/mol. The van der Waals surface area contributed by atoms with Crippen LogP contribution in [0, 0.1) is 0 Å². The molecular formula is C14H22N2O2S. The van der Waals surface area contributed by atoms with Gasteiger partial charge in [0.15, 0.2) is 0 Å². The number of rotatable bonds is 1. The molecule has 2 heterocycles. The Morgan fingerprint density at radius 2 is 1.63 bits per heavy atom. The molecule has 3 rings (SSSR count). The van der Waals surface area contributed by atoms with Gasteiger partial charge < -0.3 is 9.80 Å². The van der Waals surface area contributed by atoms with Crippen LogP contribution in [-0.2, 0) is 9.59 Å². The number of hydrogen-bond donors (Lipinski definition) is 0. The average Bonchev–Trinajstić information content (AvgIpc) is 2.84. The third-order valence-corrected chi connectivity index (χ3v) is 5.60. The van der Waals surface area contributed by atoms with Crippen LogP contribution in [0.15, 0.2) is 0 Å². The molecule has 2 saturated heterocycles. The topological polar surface area (TPSA) is 40.6 Å². The highest BCUT2D eigenvalue weighted by Gasteiger charge is 2.44. The van der Waals surface area contributed by atoms with Crippen molar-refractivity contribution >= 4 is 23.6 Å². The van der Waals surface area contributed by atoms with Gasteiger partial charge in [0, 0.05) is 11.8 Å². The molecule has 0 bridgehead atoms. The first-order valence-electron chi connectivity index (χ1n) is 7.45. The van der Waals surface area contributed by atoms with Gasteiger partial charge in [0.2, 0.25) is 11.8 Å². The second-order valence-electron chi connectivity index (χ2n) is 5.84.